The lowest BCUT2D eigenvalue weighted by Gasteiger charge is -1.91. The van der Waals surface area contributed by atoms with E-state index < -0.39 is 0 Å². The average molecular weight is 105 g/mol. The Bertz CT molecular complexity index is 160. The zero-order valence-corrected chi connectivity index (χ0v) is 4.46. The van der Waals surface area contributed by atoms with Crippen LogP contribution in [0.2, 0.25) is 0 Å². The molecule has 1 nitrogen and oxygen atoms in total. The Hall–Kier alpha value is -1.00. The predicted octanol–water partition coefficient (Wildman–Crippen LogP) is 0.443. The van der Waals surface area contributed by atoms with E-state index in [9.17, 15) is 0 Å². The van der Waals surface area contributed by atoms with Crippen molar-refractivity contribution >= 4 is 0 Å². The first-order valence-electron chi connectivity index (χ1n) is 2.49. The molecule has 0 saturated heterocycles. The summed E-state index contributed by atoms with van der Waals surface area (Å²) < 4.78 is 0. The molecule has 8 heavy (non-hydrogen) atoms. The number of hydrogen-bond acceptors (Lipinski definition) is 1. The second-order valence-corrected chi connectivity index (χ2v) is 1.58. The fourth-order valence-electron chi connectivity index (χ4n) is 0.479. The predicted molar refractivity (Wildman–Crippen MR) is 34.0 cm³/mol. The topological polar surface area (TPSA) is 26.0 Å². The minimum atomic E-state index is 0.0394. The summed E-state index contributed by atoms with van der Waals surface area (Å²) in [4.78, 5) is 0. The molecule has 0 spiro atoms. The van der Waals surface area contributed by atoms with Gasteiger partial charge in [-0.2, -0.15) is 0 Å². The van der Waals surface area contributed by atoms with Crippen molar-refractivity contribution in [3.8, 4) is 11.8 Å². The van der Waals surface area contributed by atoms with Gasteiger partial charge in [0, 0.05) is 6.04 Å². The van der Waals surface area contributed by atoms with Gasteiger partial charge in [0.15, 0.2) is 0 Å². The third-order valence-electron chi connectivity index (χ3n) is 0.887. The highest BCUT2D eigenvalue weighted by atomic mass is 14.6. The molecule has 0 unspecified atom stereocenters. The van der Waals surface area contributed by atoms with Crippen LogP contribution in [0.1, 0.15) is 0 Å². The van der Waals surface area contributed by atoms with Crippen molar-refractivity contribution in [1.82, 2.24) is 0 Å². The summed E-state index contributed by atoms with van der Waals surface area (Å²) >= 11 is 0. The van der Waals surface area contributed by atoms with Crippen LogP contribution in [0.5, 0.6) is 0 Å². The molecule has 0 amide bonds. The van der Waals surface area contributed by atoms with E-state index >= 15 is 0 Å². The number of hydrogen-bond donors (Lipinski definition) is 1. The Kier molecular flexibility index (Phi) is 1.51. The second-order valence-electron chi connectivity index (χ2n) is 1.58. The third kappa shape index (κ3) is 1.25. The molecule has 1 aliphatic carbocycles. The monoisotopic (exact) mass is 105 g/mol. The molecule has 1 aliphatic rings. The summed E-state index contributed by atoms with van der Waals surface area (Å²) in [5.41, 5.74) is 5.48. The number of allylic oxidation sites excluding steroid dienone is 2. The Morgan fingerprint density at radius 2 is 1.62 bits per heavy atom. The van der Waals surface area contributed by atoms with Crippen LogP contribution in [0.25, 0.3) is 0 Å². The van der Waals surface area contributed by atoms with Gasteiger partial charge in [-0.1, -0.05) is 24.0 Å². The molecule has 0 aromatic carbocycles. The minimum Gasteiger partial charge on any atom is -0.321 e. The number of rotatable bonds is 0. The quantitative estimate of drug-likeness (QED) is 0.444. The summed E-state index contributed by atoms with van der Waals surface area (Å²) in [5, 5.41) is 0. The van der Waals surface area contributed by atoms with Gasteiger partial charge in [0.2, 0.25) is 0 Å². The maximum absolute atomic E-state index is 5.48. The molecule has 0 aromatic heterocycles. The van der Waals surface area contributed by atoms with Crippen LogP contribution in [0.4, 0.5) is 0 Å². The van der Waals surface area contributed by atoms with Crippen LogP contribution in [-0.4, -0.2) is 6.04 Å². The van der Waals surface area contributed by atoms with Gasteiger partial charge in [0.1, 0.15) is 0 Å². The van der Waals surface area contributed by atoms with Crippen LogP contribution >= 0.6 is 0 Å². The van der Waals surface area contributed by atoms with Gasteiger partial charge in [-0.15, -0.1) is 0 Å². The van der Waals surface area contributed by atoms with Crippen LogP contribution < -0.4 is 5.73 Å². The highest BCUT2D eigenvalue weighted by Crippen LogP contribution is 1.86. The molecule has 2 N–H and O–H groups in total. The molecular formula is C7H7N. The highest BCUT2D eigenvalue weighted by molar-refractivity contribution is 5.30. The van der Waals surface area contributed by atoms with E-state index in [-0.39, 0.29) is 6.04 Å². The zero-order valence-electron chi connectivity index (χ0n) is 4.46. The molecule has 1 heteroatoms. The van der Waals surface area contributed by atoms with Crippen LogP contribution in [0, 0.1) is 11.8 Å². The molecule has 40 valence electrons. The Morgan fingerprint density at radius 3 is 2.12 bits per heavy atom. The van der Waals surface area contributed by atoms with E-state index in [4.69, 9.17) is 5.73 Å². The van der Waals surface area contributed by atoms with Crippen LogP contribution in [-0.2, 0) is 0 Å². The number of nitrogens with two attached hydrogens (primary N) is 1. The molecule has 1 rings (SSSR count). The van der Waals surface area contributed by atoms with Crippen molar-refractivity contribution in [3.63, 3.8) is 0 Å². The lowest BCUT2D eigenvalue weighted by molar-refractivity contribution is 1.03. The molecule has 0 saturated carbocycles. The van der Waals surface area contributed by atoms with E-state index in [0.29, 0.717) is 0 Å². The largest absolute Gasteiger partial charge is 0.321 e. The fraction of sp³-hybridized carbons (Fsp3) is 0.143. The SMILES string of the molecule is NC1C=CC#CC=C1. The van der Waals surface area contributed by atoms with Gasteiger partial charge >= 0.3 is 0 Å². The minimum absolute atomic E-state index is 0.0394. The van der Waals surface area contributed by atoms with Crippen molar-refractivity contribution < 1.29 is 0 Å². The summed E-state index contributed by atoms with van der Waals surface area (Å²) in [6, 6.07) is 0.0394. The molecule has 0 bridgehead atoms. The van der Waals surface area contributed by atoms with E-state index in [0.717, 1.165) is 0 Å². The van der Waals surface area contributed by atoms with Crippen molar-refractivity contribution in [2.24, 2.45) is 5.73 Å². The fourth-order valence-corrected chi connectivity index (χ4v) is 0.479. The zero-order chi connectivity index (χ0) is 5.82. The first-order chi connectivity index (χ1) is 3.89. The summed E-state index contributed by atoms with van der Waals surface area (Å²) in [5.74, 6) is 5.56. The lowest BCUT2D eigenvalue weighted by atomic mass is 10.3. The molecule has 0 heterocycles. The third-order valence-corrected chi connectivity index (χ3v) is 0.887. The van der Waals surface area contributed by atoms with E-state index in [1.807, 2.05) is 12.2 Å². The Morgan fingerprint density at radius 1 is 1.12 bits per heavy atom. The Balaban J connectivity index is 2.71. The molecular weight excluding hydrogens is 98.1 g/mol. The van der Waals surface area contributed by atoms with Crippen molar-refractivity contribution in [2.45, 2.75) is 6.04 Å². The van der Waals surface area contributed by atoms with Crippen molar-refractivity contribution in [3.05, 3.63) is 24.3 Å². The normalized spacial score (nSPS) is 17.1. The highest BCUT2D eigenvalue weighted by Gasteiger charge is 1.86. The second kappa shape index (κ2) is 2.34. The van der Waals surface area contributed by atoms with Gasteiger partial charge in [-0.25, -0.2) is 0 Å². The maximum Gasteiger partial charge on any atom is 0.0428 e. The first-order valence-corrected chi connectivity index (χ1v) is 2.49. The summed E-state index contributed by atoms with van der Waals surface area (Å²) in [6.45, 7) is 0. The molecule has 0 aromatic rings. The van der Waals surface area contributed by atoms with Crippen LogP contribution in [0.15, 0.2) is 24.3 Å². The van der Waals surface area contributed by atoms with Crippen molar-refractivity contribution in [1.29, 1.82) is 0 Å². The van der Waals surface area contributed by atoms with E-state index in [2.05, 4.69) is 11.8 Å². The molecule has 0 aliphatic heterocycles. The van der Waals surface area contributed by atoms with Crippen molar-refractivity contribution in [2.75, 3.05) is 0 Å². The molecule has 0 fully saturated rings. The first kappa shape index (κ1) is 5.14. The smallest absolute Gasteiger partial charge is 0.0428 e. The molecule has 0 radical (unpaired) electrons. The average Bonchev–Trinajstić information content (AvgIpc) is 1.94. The van der Waals surface area contributed by atoms with E-state index in [1.54, 1.807) is 12.2 Å². The maximum atomic E-state index is 5.48. The van der Waals surface area contributed by atoms with Gasteiger partial charge in [0.25, 0.3) is 0 Å². The van der Waals surface area contributed by atoms with Gasteiger partial charge in [0.05, 0.1) is 0 Å². The standard InChI is InChI=1S/C7H7N/c8-7-5-3-1-2-4-6-7/h3-7H,8H2. The lowest BCUT2D eigenvalue weighted by Crippen LogP contribution is -2.11. The molecule has 0 atom stereocenters. The van der Waals surface area contributed by atoms with Gasteiger partial charge < -0.3 is 5.73 Å². The summed E-state index contributed by atoms with van der Waals surface area (Å²) in [6.07, 6.45) is 7.25. The van der Waals surface area contributed by atoms with Gasteiger partial charge in [-0.05, 0) is 12.2 Å². The van der Waals surface area contributed by atoms with Gasteiger partial charge in [-0.3, -0.25) is 0 Å². The Labute approximate surface area is 48.9 Å². The van der Waals surface area contributed by atoms with Crippen LogP contribution in [0.3, 0.4) is 0 Å². The van der Waals surface area contributed by atoms with E-state index in [1.165, 1.54) is 0 Å². The summed E-state index contributed by atoms with van der Waals surface area (Å²) in [7, 11) is 0.